The van der Waals surface area contributed by atoms with Crippen LogP contribution < -0.4 is 5.32 Å². The lowest BCUT2D eigenvalue weighted by Gasteiger charge is -2.24. The second-order valence-corrected chi connectivity index (χ2v) is 6.95. The maximum Gasteiger partial charge on any atom is 0.320 e. The Bertz CT molecular complexity index is 683. The summed E-state index contributed by atoms with van der Waals surface area (Å²) in [6.07, 6.45) is 1.24. The van der Waals surface area contributed by atoms with Gasteiger partial charge in [-0.05, 0) is 25.5 Å². The fourth-order valence-electron chi connectivity index (χ4n) is 2.54. The number of rotatable bonds is 8. The number of nitrogens with one attached hydrogen (secondary N) is 1. The van der Waals surface area contributed by atoms with Crippen molar-refractivity contribution in [2.24, 2.45) is 0 Å². The van der Waals surface area contributed by atoms with Crippen LogP contribution in [0.2, 0.25) is 0 Å². The van der Waals surface area contributed by atoms with Crippen LogP contribution in [-0.2, 0) is 16.1 Å². The van der Waals surface area contributed by atoms with Gasteiger partial charge in [0, 0.05) is 7.05 Å². The number of nitrogens with zero attached hydrogens (tertiary/aromatic N) is 2. The van der Waals surface area contributed by atoms with Gasteiger partial charge in [0.25, 0.3) is 0 Å². The van der Waals surface area contributed by atoms with Gasteiger partial charge in [0.1, 0.15) is 11.0 Å². The molecule has 2 N–H and O–H groups in total. The van der Waals surface area contributed by atoms with Crippen LogP contribution in [0, 0.1) is 0 Å². The molecular weight excluding hydrogens is 326 g/mol. The van der Waals surface area contributed by atoms with E-state index in [1.165, 1.54) is 0 Å². The first-order chi connectivity index (χ1) is 11.4. The van der Waals surface area contributed by atoms with Gasteiger partial charge in [-0.25, -0.2) is 4.98 Å². The molecule has 24 heavy (non-hydrogen) atoms. The van der Waals surface area contributed by atoms with E-state index in [9.17, 15) is 14.7 Å². The molecule has 1 amide bonds. The molecule has 0 aliphatic rings. The molecule has 0 saturated heterocycles. The van der Waals surface area contributed by atoms with E-state index in [-0.39, 0.29) is 5.91 Å². The number of fused-ring (bicyclic) bond motifs is 1. The summed E-state index contributed by atoms with van der Waals surface area (Å²) in [5.74, 6) is -1.07. The fraction of sp³-hybridized carbons (Fsp3) is 0.471. The molecule has 2 atom stereocenters. The van der Waals surface area contributed by atoms with Crippen molar-refractivity contribution in [3.8, 4) is 0 Å². The van der Waals surface area contributed by atoms with Crippen molar-refractivity contribution in [1.82, 2.24) is 15.2 Å². The van der Waals surface area contributed by atoms with Gasteiger partial charge in [-0.1, -0.05) is 25.5 Å². The summed E-state index contributed by atoms with van der Waals surface area (Å²) in [4.78, 5) is 29.8. The molecule has 130 valence electrons. The maximum atomic E-state index is 12.5. The molecule has 2 aromatic rings. The summed E-state index contributed by atoms with van der Waals surface area (Å²) < 4.78 is 1.09. The maximum absolute atomic E-state index is 12.5. The van der Waals surface area contributed by atoms with E-state index in [4.69, 9.17) is 0 Å². The van der Waals surface area contributed by atoms with Crippen LogP contribution in [0.15, 0.2) is 24.3 Å². The minimum Gasteiger partial charge on any atom is -0.480 e. The SMILES string of the molecule is CCCC(NC(C)C(=O)N(C)Cc1nc2ccccc2s1)C(=O)O. The predicted octanol–water partition coefficient (Wildman–Crippen LogP) is 2.49. The van der Waals surface area contributed by atoms with Crippen LogP contribution in [0.3, 0.4) is 0 Å². The van der Waals surface area contributed by atoms with E-state index >= 15 is 0 Å². The fourth-order valence-corrected chi connectivity index (χ4v) is 3.56. The van der Waals surface area contributed by atoms with E-state index in [0.29, 0.717) is 13.0 Å². The topological polar surface area (TPSA) is 82.5 Å². The predicted molar refractivity (Wildman–Crippen MR) is 95.0 cm³/mol. The molecule has 2 rings (SSSR count). The molecule has 1 heterocycles. The van der Waals surface area contributed by atoms with Crippen molar-refractivity contribution in [2.75, 3.05) is 7.05 Å². The van der Waals surface area contributed by atoms with Crippen molar-refractivity contribution in [3.05, 3.63) is 29.3 Å². The summed E-state index contributed by atoms with van der Waals surface area (Å²) in [5.41, 5.74) is 0.929. The zero-order valence-electron chi connectivity index (χ0n) is 14.2. The average Bonchev–Trinajstić information content (AvgIpc) is 2.95. The van der Waals surface area contributed by atoms with Crippen LogP contribution in [-0.4, -0.2) is 46.0 Å². The molecule has 0 saturated carbocycles. The van der Waals surface area contributed by atoms with Gasteiger partial charge in [-0.3, -0.25) is 14.9 Å². The zero-order chi connectivity index (χ0) is 17.7. The quantitative estimate of drug-likeness (QED) is 0.765. The van der Waals surface area contributed by atoms with Crippen LogP contribution >= 0.6 is 11.3 Å². The highest BCUT2D eigenvalue weighted by Gasteiger charge is 2.24. The van der Waals surface area contributed by atoms with Crippen molar-refractivity contribution in [1.29, 1.82) is 0 Å². The number of carbonyl (C=O) groups is 2. The molecule has 0 bridgehead atoms. The van der Waals surface area contributed by atoms with Gasteiger partial charge in [0.2, 0.25) is 5.91 Å². The van der Waals surface area contributed by atoms with Gasteiger partial charge in [-0.2, -0.15) is 0 Å². The Morgan fingerprint density at radius 1 is 1.38 bits per heavy atom. The Hall–Kier alpha value is -1.99. The number of para-hydroxylation sites is 1. The second-order valence-electron chi connectivity index (χ2n) is 5.84. The monoisotopic (exact) mass is 349 g/mol. The van der Waals surface area contributed by atoms with E-state index in [0.717, 1.165) is 21.6 Å². The number of hydrogen-bond acceptors (Lipinski definition) is 5. The average molecular weight is 349 g/mol. The Morgan fingerprint density at radius 2 is 2.08 bits per heavy atom. The van der Waals surface area contributed by atoms with Crippen LogP contribution in [0.1, 0.15) is 31.7 Å². The minimum atomic E-state index is -0.926. The third kappa shape index (κ3) is 4.52. The van der Waals surface area contributed by atoms with Crippen molar-refractivity contribution < 1.29 is 14.7 Å². The third-order valence-corrected chi connectivity index (χ3v) is 4.81. The summed E-state index contributed by atoms with van der Waals surface area (Å²) in [7, 11) is 1.71. The number of carboxylic acids is 1. The molecular formula is C17H23N3O3S. The number of carbonyl (C=O) groups excluding carboxylic acids is 1. The molecule has 6 nitrogen and oxygen atoms in total. The lowest BCUT2D eigenvalue weighted by molar-refractivity contribution is -0.140. The second kappa shape index (κ2) is 8.21. The number of benzene rings is 1. The molecule has 0 aliphatic carbocycles. The number of likely N-dealkylation sites (N-methyl/N-ethyl adjacent to an activating group) is 1. The molecule has 1 aromatic heterocycles. The first kappa shape index (κ1) is 18.4. The first-order valence-corrected chi connectivity index (χ1v) is 8.82. The lowest BCUT2D eigenvalue weighted by Crippen LogP contribution is -2.49. The molecule has 2 unspecified atom stereocenters. The summed E-state index contributed by atoms with van der Waals surface area (Å²) in [6, 6.07) is 6.59. The Kier molecular flexibility index (Phi) is 6.28. The lowest BCUT2D eigenvalue weighted by atomic mass is 10.1. The van der Waals surface area contributed by atoms with Crippen molar-refractivity contribution in [3.63, 3.8) is 0 Å². The molecule has 1 aromatic carbocycles. The highest BCUT2D eigenvalue weighted by Crippen LogP contribution is 2.22. The largest absolute Gasteiger partial charge is 0.480 e. The Labute approximate surface area is 145 Å². The van der Waals surface area contributed by atoms with E-state index in [2.05, 4.69) is 10.3 Å². The normalized spacial score (nSPS) is 13.6. The van der Waals surface area contributed by atoms with E-state index in [1.54, 1.807) is 30.2 Å². The minimum absolute atomic E-state index is 0.142. The third-order valence-electron chi connectivity index (χ3n) is 3.78. The van der Waals surface area contributed by atoms with E-state index in [1.807, 2.05) is 31.2 Å². The molecule has 7 heteroatoms. The number of aliphatic carboxylic acids is 1. The zero-order valence-corrected chi connectivity index (χ0v) is 15.0. The van der Waals surface area contributed by atoms with Crippen LogP contribution in [0.4, 0.5) is 0 Å². The summed E-state index contributed by atoms with van der Waals surface area (Å²) >= 11 is 1.56. The molecule has 0 radical (unpaired) electrons. The Morgan fingerprint density at radius 3 is 2.71 bits per heavy atom. The van der Waals surface area contributed by atoms with Gasteiger partial charge < -0.3 is 10.0 Å². The van der Waals surface area contributed by atoms with Crippen molar-refractivity contribution >= 4 is 33.4 Å². The smallest absolute Gasteiger partial charge is 0.320 e. The number of thiazole rings is 1. The highest BCUT2D eigenvalue weighted by atomic mass is 32.1. The van der Waals surface area contributed by atoms with Crippen LogP contribution in [0.5, 0.6) is 0 Å². The number of amides is 1. The molecule has 0 spiro atoms. The van der Waals surface area contributed by atoms with Crippen molar-refractivity contribution in [2.45, 2.75) is 45.3 Å². The van der Waals surface area contributed by atoms with Gasteiger partial charge in [0.05, 0.1) is 22.8 Å². The van der Waals surface area contributed by atoms with E-state index < -0.39 is 18.1 Å². The number of carboxylic acid groups (broad SMARTS) is 1. The highest BCUT2D eigenvalue weighted by molar-refractivity contribution is 7.18. The first-order valence-electron chi connectivity index (χ1n) is 8.00. The molecule has 0 aliphatic heterocycles. The van der Waals surface area contributed by atoms with Gasteiger partial charge in [-0.15, -0.1) is 11.3 Å². The summed E-state index contributed by atoms with van der Waals surface area (Å²) in [6.45, 7) is 4.03. The Balaban J connectivity index is 1.98. The standard InChI is InChI=1S/C17H23N3O3S/c1-4-7-13(17(22)23)18-11(2)16(21)20(3)10-15-19-12-8-5-6-9-14(12)24-15/h5-6,8-9,11,13,18H,4,7,10H2,1-3H3,(H,22,23). The summed E-state index contributed by atoms with van der Waals surface area (Å²) in [5, 5.41) is 13.0. The molecule has 0 fully saturated rings. The van der Waals surface area contributed by atoms with Gasteiger partial charge in [0.15, 0.2) is 0 Å². The van der Waals surface area contributed by atoms with Crippen LogP contribution in [0.25, 0.3) is 10.2 Å². The van der Waals surface area contributed by atoms with Gasteiger partial charge >= 0.3 is 5.97 Å². The number of hydrogen-bond donors (Lipinski definition) is 2. The number of aromatic nitrogens is 1.